The number of aromatic nitrogens is 1. The molecule has 0 saturated carbocycles. The van der Waals surface area contributed by atoms with Crippen molar-refractivity contribution in [2.24, 2.45) is 0 Å². The Morgan fingerprint density at radius 3 is 2.82 bits per heavy atom. The molecule has 0 amide bonds. The highest BCUT2D eigenvalue weighted by molar-refractivity contribution is 7.89. The Bertz CT molecular complexity index is 597. The fraction of sp³-hybridized carbons (Fsp3) is 0.667. The fourth-order valence-corrected chi connectivity index (χ4v) is 4.27. The van der Waals surface area contributed by atoms with E-state index in [1.165, 1.54) is 0 Å². The molecular weight excluding hydrogens is 304 g/mol. The van der Waals surface area contributed by atoms with Crippen LogP contribution in [0.1, 0.15) is 26.2 Å². The van der Waals surface area contributed by atoms with Gasteiger partial charge in [-0.3, -0.25) is 0 Å². The molecule has 122 valence electrons. The van der Waals surface area contributed by atoms with Gasteiger partial charge in [0.25, 0.3) is 0 Å². The highest BCUT2D eigenvalue weighted by Gasteiger charge is 2.45. The molecule has 1 atom stereocenters. The van der Waals surface area contributed by atoms with Gasteiger partial charge in [-0.1, -0.05) is 6.07 Å². The molecular formula is C15H22N2O4S. The molecule has 2 aliphatic heterocycles. The van der Waals surface area contributed by atoms with Crippen molar-refractivity contribution < 1.29 is 17.9 Å². The number of pyridine rings is 1. The van der Waals surface area contributed by atoms with Crippen molar-refractivity contribution in [3.05, 3.63) is 24.4 Å². The molecule has 2 aliphatic rings. The Hall–Kier alpha value is -1.18. The molecule has 0 N–H and O–H groups in total. The van der Waals surface area contributed by atoms with E-state index in [2.05, 4.69) is 4.98 Å². The number of sulfonamides is 1. The first-order chi connectivity index (χ1) is 10.5. The van der Waals surface area contributed by atoms with Crippen molar-refractivity contribution in [2.75, 3.05) is 25.4 Å². The third-order valence-electron chi connectivity index (χ3n) is 4.49. The van der Waals surface area contributed by atoms with E-state index in [-0.39, 0.29) is 17.5 Å². The molecule has 1 spiro atoms. The summed E-state index contributed by atoms with van der Waals surface area (Å²) < 4.78 is 37.2. The first-order valence-corrected chi connectivity index (χ1v) is 9.33. The maximum Gasteiger partial charge on any atom is 0.213 e. The Morgan fingerprint density at radius 2 is 2.18 bits per heavy atom. The van der Waals surface area contributed by atoms with Gasteiger partial charge in [0.2, 0.25) is 15.9 Å². The molecule has 1 unspecified atom stereocenters. The predicted molar refractivity (Wildman–Crippen MR) is 82.2 cm³/mol. The van der Waals surface area contributed by atoms with E-state index in [4.69, 9.17) is 9.47 Å². The normalized spacial score (nSPS) is 25.4. The van der Waals surface area contributed by atoms with Gasteiger partial charge in [0.1, 0.15) is 6.10 Å². The van der Waals surface area contributed by atoms with Crippen LogP contribution in [0.5, 0.6) is 5.88 Å². The summed E-state index contributed by atoms with van der Waals surface area (Å²) in [4.78, 5) is 4.17. The van der Waals surface area contributed by atoms with E-state index in [9.17, 15) is 8.42 Å². The zero-order valence-corrected chi connectivity index (χ0v) is 13.6. The highest BCUT2D eigenvalue weighted by Crippen LogP contribution is 2.37. The predicted octanol–water partition coefficient (Wildman–Crippen LogP) is 1.43. The number of hydrogen-bond donors (Lipinski definition) is 0. The lowest BCUT2D eigenvalue weighted by Gasteiger charge is -2.37. The number of ether oxygens (including phenoxy) is 2. The zero-order valence-electron chi connectivity index (χ0n) is 12.8. The van der Waals surface area contributed by atoms with Crippen LogP contribution >= 0.6 is 0 Å². The van der Waals surface area contributed by atoms with Crippen molar-refractivity contribution in [1.29, 1.82) is 0 Å². The van der Waals surface area contributed by atoms with Crippen LogP contribution in [0.2, 0.25) is 0 Å². The molecule has 0 bridgehead atoms. The molecule has 22 heavy (non-hydrogen) atoms. The Kier molecular flexibility index (Phi) is 4.38. The van der Waals surface area contributed by atoms with E-state index < -0.39 is 10.0 Å². The summed E-state index contributed by atoms with van der Waals surface area (Å²) in [7, 11) is -3.09. The SMILES string of the molecule is CCS(=O)(=O)N1CCC2(CC1)CC(Oc1ccccn1)CO2. The van der Waals surface area contributed by atoms with E-state index in [1.807, 2.05) is 18.2 Å². The van der Waals surface area contributed by atoms with Crippen molar-refractivity contribution in [3.63, 3.8) is 0 Å². The lowest BCUT2D eigenvalue weighted by molar-refractivity contribution is -0.0320. The number of nitrogens with zero attached hydrogens (tertiary/aromatic N) is 2. The molecule has 3 rings (SSSR count). The minimum atomic E-state index is -3.09. The second-order valence-corrected chi connectivity index (χ2v) is 8.16. The second kappa shape index (κ2) is 6.14. The van der Waals surface area contributed by atoms with E-state index in [0.29, 0.717) is 25.6 Å². The van der Waals surface area contributed by atoms with Gasteiger partial charge in [0.05, 0.1) is 18.0 Å². The topological polar surface area (TPSA) is 68.7 Å². The number of rotatable bonds is 4. The summed E-state index contributed by atoms with van der Waals surface area (Å²) in [5.74, 6) is 0.769. The maximum atomic E-state index is 11.9. The average Bonchev–Trinajstić information content (AvgIpc) is 2.91. The van der Waals surface area contributed by atoms with Gasteiger partial charge >= 0.3 is 0 Å². The second-order valence-electron chi connectivity index (χ2n) is 5.91. The van der Waals surface area contributed by atoms with Gasteiger partial charge in [0, 0.05) is 31.8 Å². The first-order valence-electron chi connectivity index (χ1n) is 7.72. The lowest BCUT2D eigenvalue weighted by atomic mass is 9.89. The van der Waals surface area contributed by atoms with Gasteiger partial charge in [-0.15, -0.1) is 0 Å². The summed E-state index contributed by atoms with van der Waals surface area (Å²) in [6.45, 7) is 3.29. The summed E-state index contributed by atoms with van der Waals surface area (Å²) >= 11 is 0. The molecule has 7 heteroatoms. The van der Waals surface area contributed by atoms with Crippen LogP contribution < -0.4 is 4.74 Å². The van der Waals surface area contributed by atoms with Gasteiger partial charge in [0.15, 0.2) is 0 Å². The van der Waals surface area contributed by atoms with Crippen molar-refractivity contribution in [3.8, 4) is 5.88 Å². The van der Waals surface area contributed by atoms with Gasteiger partial charge in [-0.05, 0) is 25.8 Å². The molecule has 3 heterocycles. The van der Waals surface area contributed by atoms with Gasteiger partial charge in [-0.2, -0.15) is 0 Å². The molecule has 2 fully saturated rings. The van der Waals surface area contributed by atoms with Gasteiger partial charge in [-0.25, -0.2) is 17.7 Å². The third-order valence-corrected chi connectivity index (χ3v) is 6.37. The zero-order chi connectivity index (χ0) is 15.6. The van der Waals surface area contributed by atoms with E-state index >= 15 is 0 Å². The standard InChI is InChI=1S/C15H22N2O4S/c1-2-22(18,19)17-9-6-15(7-10-17)11-13(12-20-15)21-14-5-3-4-8-16-14/h3-5,8,13H,2,6-7,9-12H2,1H3. The summed E-state index contributed by atoms with van der Waals surface area (Å²) in [6, 6.07) is 5.58. The van der Waals surface area contributed by atoms with E-state index in [0.717, 1.165) is 19.3 Å². The summed E-state index contributed by atoms with van der Waals surface area (Å²) in [5, 5.41) is 0. The minimum Gasteiger partial charge on any atom is -0.472 e. The number of hydrogen-bond acceptors (Lipinski definition) is 5. The van der Waals surface area contributed by atoms with Crippen LogP contribution in [0.15, 0.2) is 24.4 Å². The summed E-state index contributed by atoms with van der Waals surface area (Å²) in [5.41, 5.74) is -0.237. The Morgan fingerprint density at radius 1 is 1.41 bits per heavy atom. The van der Waals surface area contributed by atoms with Crippen LogP contribution in [0.4, 0.5) is 0 Å². The van der Waals surface area contributed by atoms with Gasteiger partial charge < -0.3 is 9.47 Å². The smallest absolute Gasteiger partial charge is 0.213 e. The number of piperidine rings is 1. The van der Waals surface area contributed by atoms with Crippen LogP contribution in [0, 0.1) is 0 Å². The van der Waals surface area contributed by atoms with Crippen LogP contribution in [0.25, 0.3) is 0 Å². The minimum absolute atomic E-state index is 0.00997. The van der Waals surface area contributed by atoms with Crippen LogP contribution in [0.3, 0.4) is 0 Å². The first kappa shape index (κ1) is 15.7. The molecule has 2 saturated heterocycles. The Labute approximate surface area is 131 Å². The van der Waals surface area contributed by atoms with Crippen LogP contribution in [-0.2, 0) is 14.8 Å². The van der Waals surface area contributed by atoms with Crippen LogP contribution in [-0.4, -0.2) is 54.9 Å². The monoisotopic (exact) mass is 326 g/mol. The van der Waals surface area contributed by atoms with Crippen molar-refractivity contribution in [1.82, 2.24) is 9.29 Å². The largest absolute Gasteiger partial charge is 0.472 e. The van der Waals surface area contributed by atoms with Crippen molar-refractivity contribution in [2.45, 2.75) is 37.9 Å². The molecule has 0 radical (unpaired) electrons. The average molecular weight is 326 g/mol. The molecule has 6 nitrogen and oxygen atoms in total. The highest BCUT2D eigenvalue weighted by atomic mass is 32.2. The maximum absolute atomic E-state index is 11.9. The Balaban J connectivity index is 1.57. The summed E-state index contributed by atoms with van der Waals surface area (Å²) in [6.07, 6.45) is 3.95. The van der Waals surface area contributed by atoms with Crippen molar-refractivity contribution >= 4 is 10.0 Å². The molecule has 0 aliphatic carbocycles. The fourth-order valence-electron chi connectivity index (χ4n) is 3.17. The quantitative estimate of drug-likeness (QED) is 0.837. The molecule has 1 aromatic heterocycles. The molecule has 0 aromatic carbocycles. The lowest BCUT2D eigenvalue weighted by Crippen LogP contribution is -2.47. The third kappa shape index (κ3) is 3.26. The molecule has 1 aromatic rings. The van der Waals surface area contributed by atoms with E-state index in [1.54, 1.807) is 17.4 Å².